The molecule has 2 heteroatoms. The van der Waals surface area contributed by atoms with E-state index in [4.69, 9.17) is 0 Å². The Balaban J connectivity index is 1.00. The molecular formula is C63H49NS. The zero-order valence-electron chi connectivity index (χ0n) is 37.8. The molecule has 0 saturated carbocycles. The minimum atomic E-state index is -0.246. The third-order valence-electron chi connectivity index (χ3n) is 15.5. The number of anilines is 3. The summed E-state index contributed by atoms with van der Waals surface area (Å²) in [6.45, 7) is 14.5. The van der Waals surface area contributed by atoms with Crippen LogP contribution in [0.15, 0.2) is 188 Å². The summed E-state index contributed by atoms with van der Waals surface area (Å²) >= 11 is 1.89. The third kappa shape index (κ3) is 5.32. The van der Waals surface area contributed by atoms with Crippen molar-refractivity contribution in [2.24, 2.45) is 0 Å². The number of fused-ring (bicyclic) bond motifs is 12. The summed E-state index contributed by atoms with van der Waals surface area (Å²) in [4.78, 5) is 2.50. The molecule has 13 rings (SSSR count). The molecule has 1 nitrogen and oxygen atoms in total. The highest BCUT2D eigenvalue weighted by Gasteiger charge is 2.45. The molecule has 312 valence electrons. The summed E-state index contributed by atoms with van der Waals surface area (Å²) in [6, 6.07) is 71.1. The lowest BCUT2D eigenvalue weighted by molar-refractivity contribution is 0.639. The summed E-state index contributed by atoms with van der Waals surface area (Å²) in [7, 11) is 0. The lowest BCUT2D eigenvalue weighted by Gasteiger charge is -2.30. The minimum absolute atomic E-state index is 0.118. The van der Waals surface area contributed by atoms with Gasteiger partial charge in [0, 0.05) is 53.5 Å². The molecule has 1 aromatic heterocycles. The van der Waals surface area contributed by atoms with Gasteiger partial charge in [-0.25, -0.2) is 0 Å². The Hall–Kier alpha value is -7.00. The molecule has 65 heavy (non-hydrogen) atoms. The highest BCUT2D eigenvalue weighted by molar-refractivity contribution is 7.26. The molecule has 9 aromatic carbocycles. The molecule has 3 aliphatic carbocycles. The fourth-order valence-corrected chi connectivity index (χ4v) is 13.3. The zero-order valence-corrected chi connectivity index (χ0v) is 38.6. The fourth-order valence-electron chi connectivity index (χ4n) is 12.1. The number of hydrogen-bond acceptors (Lipinski definition) is 2. The van der Waals surface area contributed by atoms with Crippen LogP contribution < -0.4 is 4.90 Å². The summed E-state index contributed by atoms with van der Waals surface area (Å²) in [6.07, 6.45) is 0. The van der Waals surface area contributed by atoms with E-state index in [9.17, 15) is 0 Å². The van der Waals surface area contributed by atoms with E-state index in [1.165, 1.54) is 115 Å². The second kappa shape index (κ2) is 13.5. The van der Waals surface area contributed by atoms with Crippen molar-refractivity contribution >= 4 is 48.6 Å². The molecule has 0 spiro atoms. The first-order valence-electron chi connectivity index (χ1n) is 23.1. The Morgan fingerprint density at radius 3 is 1.54 bits per heavy atom. The van der Waals surface area contributed by atoms with Crippen molar-refractivity contribution in [1.82, 2.24) is 0 Å². The van der Waals surface area contributed by atoms with E-state index in [2.05, 4.69) is 234 Å². The van der Waals surface area contributed by atoms with Gasteiger partial charge in [0.25, 0.3) is 0 Å². The smallest absolute Gasteiger partial charge is 0.0465 e. The summed E-state index contributed by atoms with van der Waals surface area (Å²) in [5.74, 6) is 0. The van der Waals surface area contributed by atoms with Crippen molar-refractivity contribution in [1.29, 1.82) is 0 Å². The molecule has 0 fully saturated rings. The molecule has 0 saturated heterocycles. The molecule has 0 bridgehead atoms. The van der Waals surface area contributed by atoms with Gasteiger partial charge in [-0.2, -0.15) is 0 Å². The second-order valence-corrected chi connectivity index (χ2v) is 21.1. The highest BCUT2D eigenvalue weighted by atomic mass is 32.1. The lowest BCUT2D eigenvalue weighted by Crippen LogP contribution is -2.19. The quantitative estimate of drug-likeness (QED) is 0.167. The zero-order chi connectivity index (χ0) is 44.0. The van der Waals surface area contributed by atoms with Crippen LogP contribution in [-0.4, -0.2) is 0 Å². The summed E-state index contributed by atoms with van der Waals surface area (Å²) < 4.78 is 2.67. The van der Waals surface area contributed by atoms with Crippen LogP contribution in [0.25, 0.3) is 75.8 Å². The van der Waals surface area contributed by atoms with E-state index < -0.39 is 0 Å². The Morgan fingerprint density at radius 1 is 0.323 bits per heavy atom. The highest BCUT2D eigenvalue weighted by Crippen LogP contribution is 2.61. The van der Waals surface area contributed by atoms with Gasteiger partial charge in [-0.15, -0.1) is 11.3 Å². The molecule has 10 aromatic rings. The van der Waals surface area contributed by atoms with Crippen LogP contribution in [0.4, 0.5) is 17.1 Å². The molecule has 1 heterocycles. The van der Waals surface area contributed by atoms with E-state index in [-0.39, 0.29) is 16.2 Å². The number of thiophene rings is 1. The molecule has 0 amide bonds. The first-order valence-corrected chi connectivity index (χ1v) is 23.9. The molecular weight excluding hydrogens is 803 g/mol. The van der Waals surface area contributed by atoms with Gasteiger partial charge >= 0.3 is 0 Å². The van der Waals surface area contributed by atoms with Gasteiger partial charge in [0.2, 0.25) is 0 Å². The maximum absolute atomic E-state index is 2.57. The Labute approximate surface area is 386 Å². The van der Waals surface area contributed by atoms with Crippen LogP contribution in [0.5, 0.6) is 0 Å². The van der Waals surface area contributed by atoms with Crippen LogP contribution in [-0.2, 0) is 16.2 Å². The predicted octanol–water partition coefficient (Wildman–Crippen LogP) is 17.8. The fraction of sp³-hybridized carbons (Fsp3) is 0.143. The van der Waals surface area contributed by atoms with Crippen molar-refractivity contribution in [3.63, 3.8) is 0 Å². The first-order chi connectivity index (χ1) is 31.5. The second-order valence-electron chi connectivity index (χ2n) is 20.1. The van der Waals surface area contributed by atoms with Crippen molar-refractivity contribution in [2.45, 2.75) is 57.8 Å². The van der Waals surface area contributed by atoms with E-state index in [0.717, 1.165) is 11.4 Å². The Bertz CT molecular complexity index is 3620. The average Bonchev–Trinajstić information content (AvgIpc) is 3.98. The normalized spacial score (nSPS) is 15.3. The maximum Gasteiger partial charge on any atom is 0.0465 e. The van der Waals surface area contributed by atoms with Gasteiger partial charge in [0.05, 0.1) is 0 Å². The van der Waals surface area contributed by atoms with E-state index in [0.29, 0.717) is 0 Å². The molecule has 0 atom stereocenters. The summed E-state index contributed by atoms with van der Waals surface area (Å²) in [5, 5.41) is 2.65. The van der Waals surface area contributed by atoms with Gasteiger partial charge in [0.15, 0.2) is 0 Å². The third-order valence-corrected chi connectivity index (χ3v) is 16.7. The number of hydrogen-bond donors (Lipinski definition) is 0. The van der Waals surface area contributed by atoms with Crippen LogP contribution in [0.3, 0.4) is 0 Å². The monoisotopic (exact) mass is 851 g/mol. The van der Waals surface area contributed by atoms with Crippen molar-refractivity contribution in [3.8, 4) is 55.6 Å². The summed E-state index contributed by atoms with van der Waals surface area (Å²) in [5.41, 5.74) is 24.6. The van der Waals surface area contributed by atoms with Gasteiger partial charge in [-0.3, -0.25) is 0 Å². The minimum Gasteiger partial charge on any atom is -0.310 e. The SMILES string of the molecule is CC1(C)c2ccccc2-c2ccc(N(c3ccc(-c4cccc5c4sc4ccccc45)cc3)c3ccc4c(c3)C(C)(C)c3cc5c(c(-c6ccccc6)c3-4)-c3ccccc3C5(C)C)cc21. The van der Waals surface area contributed by atoms with Gasteiger partial charge < -0.3 is 4.90 Å². The Morgan fingerprint density at radius 2 is 0.815 bits per heavy atom. The molecule has 0 unspecified atom stereocenters. The number of benzene rings is 9. The standard InChI is InChI=1S/C63H49NS/c1-61(2)50-24-13-10-19-44(50)45-33-31-41(35-52(45)61)64(40-29-27-38(28-30-40)43-22-16-23-47-46-20-12-15-26-56(46)65-60(43)47)42-32-34-49-53(36-42)63(5,6)55-37-54-58(48-21-11-14-25-51(48)62(54,3)4)57(59(49)55)39-17-8-7-9-18-39/h7-37H,1-6H3. The lowest BCUT2D eigenvalue weighted by atomic mass is 9.76. The van der Waals surface area contributed by atoms with Crippen LogP contribution in [0.1, 0.15) is 74.9 Å². The Kier molecular flexibility index (Phi) is 8.00. The number of rotatable bonds is 5. The van der Waals surface area contributed by atoms with Gasteiger partial charge in [-0.1, -0.05) is 187 Å². The molecule has 0 N–H and O–H groups in total. The van der Waals surface area contributed by atoms with Crippen LogP contribution in [0, 0.1) is 0 Å². The van der Waals surface area contributed by atoms with Crippen LogP contribution in [0.2, 0.25) is 0 Å². The maximum atomic E-state index is 2.57. The first kappa shape index (κ1) is 38.5. The van der Waals surface area contributed by atoms with Crippen LogP contribution >= 0.6 is 11.3 Å². The molecule has 0 radical (unpaired) electrons. The largest absolute Gasteiger partial charge is 0.310 e. The number of nitrogens with zero attached hydrogens (tertiary/aromatic N) is 1. The van der Waals surface area contributed by atoms with E-state index in [1.54, 1.807) is 0 Å². The topological polar surface area (TPSA) is 3.24 Å². The van der Waals surface area contributed by atoms with Crippen molar-refractivity contribution < 1.29 is 0 Å². The van der Waals surface area contributed by atoms with E-state index in [1.807, 2.05) is 11.3 Å². The van der Waals surface area contributed by atoms with Gasteiger partial charge in [-0.05, 0) is 131 Å². The molecule has 3 aliphatic rings. The van der Waals surface area contributed by atoms with Crippen molar-refractivity contribution in [2.75, 3.05) is 4.90 Å². The van der Waals surface area contributed by atoms with Crippen molar-refractivity contribution in [3.05, 3.63) is 221 Å². The predicted molar refractivity (Wildman–Crippen MR) is 278 cm³/mol. The van der Waals surface area contributed by atoms with E-state index >= 15 is 0 Å². The molecule has 0 aliphatic heterocycles. The van der Waals surface area contributed by atoms with Gasteiger partial charge in [0.1, 0.15) is 0 Å². The average molecular weight is 852 g/mol.